The second kappa shape index (κ2) is 8.21. The van der Waals surface area contributed by atoms with Crippen LogP contribution in [-0.2, 0) is 29.7 Å². The van der Waals surface area contributed by atoms with Crippen LogP contribution >= 0.6 is 0 Å². The van der Waals surface area contributed by atoms with Crippen LogP contribution < -0.4 is 15.2 Å². The number of benzene rings is 2. The van der Waals surface area contributed by atoms with E-state index in [2.05, 4.69) is 34.5 Å². The largest absolute Gasteiger partial charge is 0.492 e. The Morgan fingerprint density at radius 3 is 2.36 bits per heavy atom. The maximum absolute atomic E-state index is 12.1. The van der Waals surface area contributed by atoms with E-state index in [1.807, 2.05) is 6.07 Å². The van der Waals surface area contributed by atoms with Gasteiger partial charge in [-0.05, 0) is 49.0 Å². The van der Waals surface area contributed by atoms with Crippen LogP contribution in [-0.4, -0.2) is 33.0 Å². The molecular formula is C21H27N3O3S. The molecule has 0 unspecified atom stereocenters. The molecule has 0 bridgehead atoms. The Balaban J connectivity index is 1.56. The van der Waals surface area contributed by atoms with Crippen LogP contribution in [0.3, 0.4) is 0 Å². The van der Waals surface area contributed by atoms with Gasteiger partial charge in [-0.15, -0.1) is 0 Å². The average molecular weight is 402 g/mol. The van der Waals surface area contributed by atoms with Crippen molar-refractivity contribution < 1.29 is 13.2 Å². The number of piperidine rings is 1. The molecule has 0 radical (unpaired) electrons. The molecule has 0 spiro atoms. The summed E-state index contributed by atoms with van der Waals surface area (Å²) >= 11 is 0. The molecule has 4 rings (SSSR count). The number of hydrogen-bond acceptors (Lipinski definition) is 5. The van der Waals surface area contributed by atoms with Crippen molar-refractivity contribution in [1.82, 2.24) is 10.2 Å². The fourth-order valence-corrected chi connectivity index (χ4v) is 4.80. The minimum Gasteiger partial charge on any atom is -0.492 e. The molecule has 150 valence electrons. The van der Waals surface area contributed by atoms with Gasteiger partial charge < -0.3 is 10.1 Å². The van der Waals surface area contributed by atoms with Gasteiger partial charge in [0.15, 0.2) is 0 Å². The van der Waals surface area contributed by atoms with Gasteiger partial charge in [-0.2, -0.15) is 0 Å². The first-order valence-corrected chi connectivity index (χ1v) is 11.3. The first-order chi connectivity index (χ1) is 13.5. The van der Waals surface area contributed by atoms with Crippen molar-refractivity contribution in [2.45, 2.75) is 37.4 Å². The van der Waals surface area contributed by atoms with Gasteiger partial charge in [-0.25, -0.2) is 13.6 Å². The van der Waals surface area contributed by atoms with E-state index < -0.39 is 10.0 Å². The topological polar surface area (TPSA) is 84.7 Å². The highest BCUT2D eigenvalue weighted by Crippen LogP contribution is 2.32. The lowest BCUT2D eigenvalue weighted by atomic mass is 9.99. The Hall–Kier alpha value is -1.93. The summed E-state index contributed by atoms with van der Waals surface area (Å²) < 4.78 is 30.4. The molecule has 2 aliphatic rings. The van der Waals surface area contributed by atoms with Crippen LogP contribution in [0, 0.1) is 5.92 Å². The first-order valence-electron chi connectivity index (χ1n) is 9.78. The van der Waals surface area contributed by atoms with Gasteiger partial charge in [0.25, 0.3) is 0 Å². The number of para-hydroxylation sites is 1. The van der Waals surface area contributed by atoms with Crippen molar-refractivity contribution in [1.29, 1.82) is 0 Å². The Labute approximate surface area is 166 Å². The highest BCUT2D eigenvalue weighted by molar-refractivity contribution is 7.89. The third kappa shape index (κ3) is 4.38. The van der Waals surface area contributed by atoms with E-state index in [0.717, 1.165) is 44.6 Å². The van der Waals surface area contributed by atoms with Crippen molar-refractivity contribution in [2.24, 2.45) is 11.1 Å². The maximum Gasteiger partial charge on any atom is 0.241 e. The van der Waals surface area contributed by atoms with E-state index in [9.17, 15) is 8.42 Å². The average Bonchev–Trinajstić information content (AvgIpc) is 3.09. The zero-order chi connectivity index (χ0) is 19.6. The standard InChI is InChI=1S/C21H27N3O3S/c22-28(25,26)20-7-3-6-19(21(20)27-15-16-8-10-23-11-9-16)14-24-12-17-4-1-2-5-18(17)13-24/h1-7,16,23H,8-15H2,(H2,22,25,26). The molecule has 0 saturated carbocycles. The van der Waals surface area contributed by atoms with Gasteiger partial charge in [0, 0.05) is 25.2 Å². The molecule has 0 amide bonds. The van der Waals surface area contributed by atoms with E-state index in [1.54, 1.807) is 6.07 Å². The third-order valence-corrected chi connectivity index (χ3v) is 6.52. The Morgan fingerprint density at radius 2 is 1.71 bits per heavy atom. The SMILES string of the molecule is NS(=O)(=O)c1cccc(CN2Cc3ccccc3C2)c1OCC1CCNCC1. The lowest BCUT2D eigenvalue weighted by Crippen LogP contribution is -2.31. The van der Waals surface area contributed by atoms with E-state index >= 15 is 0 Å². The van der Waals surface area contributed by atoms with Gasteiger partial charge in [0.05, 0.1) is 6.61 Å². The van der Waals surface area contributed by atoms with Gasteiger partial charge in [-0.3, -0.25) is 4.90 Å². The summed E-state index contributed by atoms with van der Waals surface area (Å²) in [6, 6.07) is 13.6. The quantitative estimate of drug-likeness (QED) is 0.775. The molecule has 0 aromatic heterocycles. The normalized spacial score (nSPS) is 18.2. The van der Waals surface area contributed by atoms with Crippen LogP contribution in [0.5, 0.6) is 5.75 Å². The minimum absolute atomic E-state index is 0.0793. The monoisotopic (exact) mass is 401 g/mol. The van der Waals surface area contributed by atoms with Gasteiger partial charge in [0.2, 0.25) is 10.0 Å². The molecule has 1 saturated heterocycles. The zero-order valence-corrected chi connectivity index (χ0v) is 16.7. The van der Waals surface area contributed by atoms with Crippen LogP contribution in [0.25, 0.3) is 0 Å². The molecule has 0 aliphatic carbocycles. The van der Waals surface area contributed by atoms with Crippen molar-refractivity contribution in [3.63, 3.8) is 0 Å². The van der Waals surface area contributed by atoms with Crippen LogP contribution in [0.1, 0.15) is 29.5 Å². The number of rotatable bonds is 6. The zero-order valence-electron chi connectivity index (χ0n) is 15.9. The molecule has 0 atom stereocenters. The molecule has 28 heavy (non-hydrogen) atoms. The molecule has 7 heteroatoms. The van der Waals surface area contributed by atoms with Crippen LogP contribution in [0.15, 0.2) is 47.4 Å². The van der Waals surface area contributed by atoms with E-state index in [0.29, 0.717) is 24.8 Å². The number of nitrogens with two attached hydrogens (primary N) is 1. The number of fused-ring (bicyclic) bond motifs is 1. The molecular weight excluding hydrogens is 374 g/mol. The Morgan fingerprint density at radius 1 is 1.04 bits per heavy atom. The number of sulfonamides is 1. The van der Waals surface area contributed by atoms with Gasteiger partial charge >= 0.3 is 0 Å². The predicted octanol–water partition coefficient (Wildman–Crippen LogP) is 2.23. The first kappa shape index (κ1) is 19.4. The molecule has 6 nitrogen and oxygen atoms in total. The van der Waals surface area contributed by atoms with E-state index in [4.69, 9.17) is 9.88 Å². The summed E-state index contributed by atoms with van der Waals surface area (Å²) in [5, 5.41) is 8.82. The third-order valence-electron chi connectivity index (χ3n) is 5.59. The summed E-state index contributed by atoms with van der Waals surface area (Å²) in [7, 11) is -3.85. The van der Waals surface area contributed by atoms with Crippen molar-refractivity contribution in [3.05, 3.63) is 59.2 Å². The smallest absolute Gasteiger partial charge is 0.241 e. The summed E-state index contributed by atoms with van der Waals surface area (Å²) in [6.07, 6.45) is 2.07. The minimum atomic E-state index is -3.85. The van der Waals surface area contributed by atoms with Crippen LogP contribution in [0.4, 0.5) is 0 Å². The second-order valence-corrected chi connectivity index (χ2v) is 9.24. The number of nitrogens with zero attached hydrogens (tertiary/aromatic N) is 1. The maximum atomic E-state index is 12.1. The molecule has 2 aromatic carbocycles. The Bertz CT molecular complexity index is 915. The lowest BCUT2D eigenvalue weighted by Gasteiger charge is -2.25. The molecule has 3 N–H and O–H groups in total. The second-order valence-electron chi connectivity index (χ2n) is 7.71. The summed E-state index contributed by atoms with van der Waals surface area (Å²) in [6.45, 7) is 4.79. The van der Waals surface area contributed by atoms with Gasteiger partial charge in [-0.1, -0.05) is 36.4 Å². The summed E-state index contributed by atoms with van der Waals surface area (Å²) in [5.41, 5.74) is 3.51. The van der Waals surface area contributed by atoms with Crippen molar-refractivity contribution in [2.75, 3.05) is 19.7 Å². The molecule has 2 aliphatic heterocycles. The number of primary sulfonamides is 1. The van der Waals surface area contributed by atoms with Gasteiger partial charge in [0.1, 0.15) is 10.6 Å². The van der Waals surface area contributed by atoms with Crippen molar-refractivity contribution >= 4 is 10.0 Å². The van der Waals surface area contributed by atoms with E-state index in [1.165, 1.54) is 17.2 Å². The number of ether oxygens (including phenoxy) is 1. The number of nitrogens with one attached hydrogen (secondary N) is 1. The highest BCUT2D eigenvalue weighted by Gasteiger charge is 2.24. The fourth-order valence-electron chi connectivity index (χ4n) is 4.08. The van der Waals surface area contributed by atoms with E-state index in [-0.39, 0.29) is 4.90 Å². The Kier molecular flexibility index (Phi) is 5.68. The molecule has 2 heterocycles. The summed E-state index contributed by atoms with van der Waals surface area (Å²) in [4.78, 5) is 2.38. The lowest BCUT2D eigenvalue weighted by molar-refractivity contribution is 0.204. The van der Waals surface area contributed by atoms with Crippen LogP contribution in [0.2, 0.25) is 0 Å². The highest BCUT2D eigenvalue weighted by atomic mass is 32.2. The van der Waals surface area contributed by atoms with Crippen molar-refractivity contribution in [3.8, 4) is 5.75 Å². The molecule has 1 fully saturated rings. The number of hydrogen-bond donors (Lipinski definition) is 2. The summed E-state index contributed by atoms with van der Waals surface area (Å²) in [5.74, 6) is 0.846. The predicted molar refractivity (Wildman–Crippen MR) is 108 cm³/mol. The molecule has 2 aromatic rings. The fraction of sp³-hybridized carbons (Fsp3) is 0.429.